The number of hydrogen-bond acceptors (Lipinski definition) is 10. The molecule has 8 nitrogen and oxygen atoms in total. The minimum atomic E-state index is 0. The second-order valence-electron chi connectivity index (χ2n) is 16.1. The fourth-order valence-electron chi connectivity index (χ4n) is 8.46. The van der Waals surface area contributed by atoms with Gasteiger partial charge < -0.3 is 9.97 Å². The smallest absolute Gasteiger partial charge is 0.164 e. The van der Waals surface area contributed by atoms with E-state index in [4.69, 9.17) is 29.9 Å². The Morgan fingerprint density at radius 3 is 0.884 bits per heavy atom. The van der Waals surface area contributed by atoms with Crippen LogP contribution in [0.4, 0.5) is 0 Å². The topological polar surface area (TPSA) is 109 Å². The number of H-pyrrole nitrogens is 2. The number of hydrogen-bond donors (Lipinski definition) is 2. The van der Waals surface area contributed by atoms with E-state index in [-0.39, 0.29) is 19.5 Å². The molecular weight excluding hydrogens is 978 g/mol. The van der Waals surface area contributed by atoms with Gasteiger partial charge in [-0.3, -0.25) is 0 Å². The van der Waals surface area contributed by atoms with Crippen LogP contribution in [0.2, 0.25) is 0 Å². The Hall–Kier alpha value is -6.86. The fraction of sp³-hybridized carbons (Fsp3) is 0. The summed E-state index contributed by atoms with van der Waals surface area (Å²) in [5.74, 6) is 2.23. The normalized spacial score (nSPS) is 11.6. The molecule has 11 aromatic rings. The molecule has 0 saturated carbocycles. The molecule has 3 aromatic heterocycles. The van der Waals surface area contributed by atoms with E-state index in [0.29, 0.717) is 45.9 Å². The first-order valence-electron chi connectivity index (χ1n) is 21.9. The Balaban J connectivity index is 0.00000492. The molecule has 2 N–H and O–H groups in total. The van der Waals surface area contributed by atoms with Crippen molar-refractivity contribution in [2.45, 2.75) is 39.2 Å². The van der Waals surface area contributed by atoms with Crippen molar-refractivity contribution >= 4 is 91.2 Å². The third-order valence-electron chi connectivity index (χ3n) is 11.6. The summed E-state index contributed by atoms with van der Waals surface area (Å²) in [6.45, 7) is 0. The largest absolute Gasteiger partial charge is 0.324 e. The zero-order chi connectivity index (χ0) is 45.0. The van der Waals surface area contributed by atoms with Crippen molar-refractivity contribution in [2.75, 3.05) is 0 Å². The van der Waals surface area contributed by atoms with Gasteiger partial charge in [0, 0.05) is 102 Å². The van der Waals surface area contributed by atoms with Crippen LogP contribution in [0, 0.1) is 0 Å². The quantitative estimate of drug-likeness (QED) is 0.143. The zero-order valence-electron chi connectivity index (χ0n) is 36.5. The number of benzene rings is 8. The van der Waals surface area contributed by atoms with Crippen LogP contribution in [0.1, 0.15) is 0 Å². The maximum absolute atomic E-state index is 5.37. The zero-order valence-corrected chi connectivity index (χ0v) is 42.7. The van der Waals surface area contributed by atoms with Crippen LogP contribution < -0.4 is 0 Å². The number of nitrogens with one attached hydrogen (secondary N) is 2. The van der Waals surface area contributed by atoms with Gasteiger partial charge in [-0.1, -0.05) is 120 Å². The van der Waals surface area contributed by atoms with Crippen LogP contribution in [-0.4, -0.2) is 39.9 Å². The number of nitrogens with zero attached hydrogens (tertiary/aromatic N) is 6. The van der Waals surface area contributed by atoms with Crippen LogP contribution >= 0.6 is 47.0 Å². The summed E-state index contributed by atoms with van der Waals surface area (Å²) in [6, 6.07) is 67.3. The predicted molar refractivity (Wildman–Crippen MR) is 278 cm³/mol. The molecule has 0 aliphatic carbocycles. The van der Waals surface area contributed by atoms with Gasteiger partial charge in [-0.2, -0.15) is 0 Å². The summed E-state index contributed by atoms with van der Waals surface area (Å²) in [6.07, 6.45) is 0. The Morgan fingerprint density at radius 1 is 0.246 bits per heavy atom. The van der Waals surface area contributed by atoms with Crippen LogP contribution in [0.25, 0.3) is 89.7 Å². The van der Waals surface area contributed by atoms with Crippen molar-refractivity contribution < 1.29 is 19.5 Å². The molecule has 0 amide bonds. The molecule has 13 heteroatoms. The van der Waals surface area contributed by atoms with Crippen molar-refractivity contribution in [1.82, 2.24) is 39.9 Å². The van der Waals surface area contributed by atoms with Gasteiger partial charge in [0.05, 0.1) is 0 Å². The molecule has 0 unspecified atom stereocenters. The first-order valence-corrected chi connectivity index (χ1v) is 25.2. The summed E-state index contributed by atoms with van der Waals surface area (Å²) >= 11 is 6.82. The van der Waals surface area contributed by atoms with E-state index in [1.165, 1.54) is 0 Å². The third-order valence-corrected chi connectivity index (χ3v) is 15.6. The Labute approximate surface area is 426 Å². The summed E-state index contributed by atoms with van der Waals surface area (Å²) in [5.41, 5.74) is 6.15. The number of fused-ring (bicyclic) bond motifs is 20. The third kappa shape index (κ3) is 8.66. The van der Waals surface area contributed by atoms with Gasteiger partial charge in [0.25, 0.3) is 0 Å². The van der Waals surface area contributed by atoms with E-state index in [1.54, 1.807) is 47.0 Å². The summed E-state index contributed by atoms with van der Waals surface area (Å²) in [4.78, 5) is 48.1. The molecule has 324 valence electrons. The molecule has 13 rings (SSSR count). The molecule has 0 spiro atoms. The molecule has 8 bridgehead atoms. The van der Waals surface area contributed by atoms with Crippen molar-refractivity contribution in [3.63, 3.8) is 0 Å². The number of aromatic amines is 2. The molecule has 2 aliphatic rings. The van der Waals surface area contributed by atoms with Crippen molar-refractivity contribution in [3.05, 3.63) is 194 Å². The van der Waals surface area contributed by atoms with Crippen LogP contribution in [0.5, 0.6) is 0 Å². The number of aromatic nitrogens is 8. The van der Waals surface area contributed by atoms with E-state index in [9.17, 15) is 0 Å². The molecule has 8 aromatic carbocycles. The first-order chi connectivity index (χ1) is 33.6. The van der Waals surface area contributed by atoms with Gasteiger partial charge in [0.1, 0.15) is 22.6 Å². The number of rotatable bonds is 8. The van der Waals surface area contributed by atoms with Gasteiger partial charge in [-0.25, -0.2) is 29.9 Å². The van der Waals surface area contributed by atoms with Crippen molar-refractivity contribution in [1.29, 1.82) is 0 Å². The monoisotopic (exact) mass is 1010 g/mol. The molecular formula is C56H34N8S4Zn. The van der Waals surface area contributed by atoms with E-state index < -0.39 is 0 Å². The van der Waals surface area contributed by atoms with Crippen LogP contribution in [0.3, 0.4) is 0 Å². The Bertz CT molecular complexity index is 3670. The molecule has 2 aliphatic heterocycles. The average molecular weight is 1010 g/mol. The molecule has 5 heterocycles. The van der Waals surface area contributed by atoms with E-state index in [2.05, 4.69) is 180 Å². The maximum atomic E-state index is 5.37. The van der Waals surface area contributed by atoms with Crippen LogP contribution in [-0.2, 0) is 19.5 Å². The minimum absolute atomic E-state index is 0. The van der Waals surface area contributed by atoms with Gasteiger partial charge in [-0.05, 0) is 121 Å². The van der Waals surface area contributed by atoms with Crippen LogP contribution in [0.15, 0.2) is 233 Å². The summed E-state index contributed by atoms with van der Waals surface area (Å²) in [7, 11) is 0. The van der Waals surface area contributed by atoms with Gasteiger partial charge in [-0.15, -0.1) is 0 Å². The Kier molecular flexibility index (Phi) is 11.7. The molecule has 69 heavy (non-hydrogen) atoms. The molecule has 0 atom stereocenters. The van der Waals surface area contributed by atoms with Crippen molar-refractivity contribution in [2.24, 2.45) is 0 Å². The minimum Gasteiger partial charge on any atom is -0.324 e. The van der Waals surface area contributed by atoms with Gasteiger partial charge in [0.2, 0.25) is 0 Å². The molecule has 0 fully saturated rings. The maximum Gasteiger partial charge on any atom is 0.164 e. The van der Waals surface area contributed by atoms with E-state index in [0.717, 1.165) is 83.0 Å². The molecule has 0 radical (unpaired) electrons. The standard InChI is InChI=1S/C56H34N8S4.Zn/c1-5-13-33(14-6-1)65-37-21-25-41-45(29-37)53-57-49(41)62-54-47-31-39(67-35-17-9-3-10-18-35)23-27-43(47)51(59-54)64-56-48-32-40(68-36-19-11-4-12-20-36)24-28-44(48)52(60-56)63-55-46-30-38(66-34-15-7-2-8-16-34)22-26-42(46)50(58-55)61-53;/h1-32H,(H2,57,58,59,60,61,62,63,64);. The van der Waals surface area contributed by atoms with E-state index >= 15 is 0 Å². The van der Waals surface area contributed by atoms with E-state index in [1.807, 2.05) is 24.3 Å². The first kappa shape index (κ1) is 43.4. The second-order valence-corrected chi connectivity index (χ2v) is 20.7. The van der Waals surface area contributed by atoms with Crippen molar-refractivity contribution in [3.8, 4) is 45.6 Å². The fourth-order valence-corrected chi connectivity index (χ4v) is 12.0. The summed E-state index contributed by atoms with van der Waals surface area (Å²) < 4.78 is 0. The van der Waals surface area contributed by atoms with Gasteiger partial charge >= 0.3 is 0 Å². The SMILES string of the molecule is [Zn].c1ccc(Sc2ccc3c(c2)-c2nc-3nc3[nH]c(nc4nc(nc5[nH]c(n2)c2ccc(Sc6ccccc6)cc52)-c2ccc(Sc5ccccc5)cc2-4)c2ccc(Sc4ccccc4)cc32)cc1. The second kappa shape index (κ2) is 18.6. The Morgan fingerprint density at radius 2 is 0.536 bits per heavy atom. The van der Waals surface area contributed by atoms with Gasteiger partial charge in [0.15, 0.2) is 23.3 Å². The predicted octanol–water partition coefficient (Wildman–Crippen LogP) is 15.5. The molecule has 0 saturated heterocycles. The summed E-state index contributed by atoms with van der Waals surface area (Å²) in [5, 5.41) is 3.68. The average Bonchev–Trinajstić information content (AvgIpc) is 4.10.